The van der Waals surface area contributed by atoms with Gasteiger partial charge >= 0.3 is 0 Å². The summed E-state index contributed by atoms with van der Waals surface area (Å²) in [6.45, 7) is 1.76. The predicted octanol–water partition coefficient (Wildman–Crippen LogP) is 4.44. The molecule has 0 saturated carbocycles. The Bertz CT molecular complexity index is 1300. The number of ketones is 1. The lowest BCUT2D eigenvalue weighted by molar-refractivity contribution is 0.101. The first kappa shape index (κ1) is 20.2. The molecule has 154 valence electrons. The largest absolute Gasteiger partial charge is 0.355 e. The summed E-state index contributed by atoms with van der Waals surface area (Å²) in [6.07, 6.45) is 4.88. The van der Waals surface area contributed by atoms with Crippen LogP contribution in [0.2, 0.25) is 0 Å². The highest BCUT2D eigenvalue weighted by Crippen LogP contribution is 2.27. The number of anilines is 2. The number of pyridine rings is 1. The fourth-order valence-corrected chi connectivity index (χ4v) is 3.28. The van der Waals surface area contributed by atoms with Crippen molar-refractivity contribution in [3.05, 3.63) is 107 Å². The highest BCUT2D eigenvalue weighted by molar-refractivity contribution is 6.01. The Morgan fingerprint density at radius 2 is 1.84 bits per heavy atom. The maximum Gasteiger partial charge on any atom is 0.274 e. The maximum atomic E-state index is 13.5. The number of carbonyl (C=O) groups is 1. The lowest BCUT2D eigenvalue weighted by Crippen LogP contribution is -2.24. The summed E-state index contributed by atoms with van der Waals surface area (Å²) in [5.41, 5.74) is 3.14. The summed E-state index contributed by atoms with van der Waals surface area (Å²) >= 11 is 0. The zero-order chi connectivity index (χ0) is 21.8. The third kappa shape index (κ3) is 4.56. The molecule has 0 bridgehead atoms. The minimum atomic E-state index is -0.377. The second-order valence-electron chi connectivity index (χ2n) is 7.02. The molecule has 2 aromatic carbocycles. The van der Waals surface area contributed by atoms with E-state index in [0.29, 0.717) is 34.6 Å². The van der Waals surface area contributed by atoms with Crippen molar-refractivity contribution in [3.8, 4) is 11.1 Å². The van der Waals surface area contributed by atoms with Crippen LogP contribution in [-0.2, 0) is 6.54 Å². The first-order chi connectivity index (χ1) is 15.0. The predicted molar refractivity (Wildman–Crippen MR) is 117 cm³/mol. The fraction of sp³-hybridized carbons (Fsp3) is 0.0833. The molecule has 0 amide bonds. The summed E-state index contributed by atoms with van der Waals surface area (Å²) in [5, 5.41) is 7.24. The van der Waals surface area contributed by atoms with Crippen molar-refractivity contribution < 1.29 is 9.18 Å². The Balaban J connectivity index is 1.70. The summed E-state index contributed by atoms with van der Waals surface area (Å²) < 4.78 is 14.9. The van der Waals surface area contributed by atoms with Gasteiger partial charge in [0.25, 0.3) is 5.56 Å². The van der Waals surface area contributed by atoms with Crippen molar-refractivity contribution in [1.29, 1.82) is 0 Å². The maximum absolute atomic E-state index is 13.5. The molecule has 2 heterocycles. The minimum absolute atomic E-state index is 0.174. The monoisotopic (exact) mass is 414 g/mol. The number of Topliss-reactive ketones (excluding diaryl/α,β-unsaturated/α-hetero) is 1. The van der Waals surface area contributed by atoms with E-state index in [1.165, 1.54) is 23.7 Å². The molecule has 6 nitrogen and oxygen atoms in total. The van der Waals surface area contributed by atoms with Crippen LogP contribution in [0.1, 0.15) is 22.8 Å². The van der Waals surface area contributed by atoms with Crippen LogP contribution in [0.15, 0.2) is 84.0 Å². The minimum Gasteiger partial charge on any atom is -0.355 e. The zero-order valence-electron chi connectivity index (χ0n) is 16.7. The van der Waals surface area contributed by atoms with E-state index < -0.39 is 0 Å². The zero-order valence-corrected chi connectivity index (χ0v) is 16.7. The molecule has 2 aromatic heterocycles. The second kappa shape index (κ2) is 8.71. The molecule has 0 aliphatic carbocycles. The smallest absolute Gasteiger partial charge is 0.274 e. The number of nitrogens with one attached hydrogen (secondary N) is 1. The number of carbonyl (C=O) groups excluding carboxylic acids is 1. The van der Waals surface area contributed by atoms with Gasteiger partial charge in [-0.2, -0.15) is 5.10 Å². The molecule has 1 N–H and O–H groups in total. The third-order valence-corrected chi connectivity index (χ3v) is 4.81. The van der Waals surface area contributed by atoms with Gasteiger partial charge in [0.2, 0.25) is 0 Å². The van der Waals surface area contributed by atoms with Crippen LogP contribution in [0.25, 0.3) is 11.1 Å². The third-order valence-electron chi connectivity index (χ3n) is 4.81. The van der Waals surface area contributed by atoms with E-state index in [2.05, 4.69) is 15.4 Å². The average molecular weight is 414 g/mol. The lowest BCUT2D eigenvalue weighted by atomic mass is 10.0. The second-order valence-corrected chi connectivity index (χ2v) is 7.02. The summed E-state index contributed by atoms with van der Waals surface area (Å²) in [5.74, 6) is -0.551. The molecule has 0 unspecified atom stereocenters. The van der Waals surface area contributed by atoms with Crippen LogP contribution >= 0.6 is 0 Å². The Labute approximate surface area is 178 Å². The number of rotatable bonds is 6. The first-order valence-electron chi connectivity index (χ1n) is 9.64. The Morgan fingerprint density at radius 1 is 1.03 bits per heavy atom. The Hall–Kier alpha value is -4.13. The van der Waals surface area contributed by atoms with Gasteiger partial charge in [0.05, 0.1) is 12.1 Å². The molecule has 4 rings (SSSR count). The quantitative estimate of drug-likeness (QED) is 0.472. The Morgan fingerprint density at radius 3 is 2.58 bits per heavy atom. The molecular formula is C24H19FN4O2. The van der Waals surface area contributed by atoms with Crippen LogP contribution in [0.5, 0.6) is 0 Å². The van der Waals surface area contributed by atoms with Gasteiger partial charge < -0.3 is 5.32 Å². The molecule has 0 aliphatic rings. The van der Waals surface area contributed by atoms with Crippen molar-refractivity contribution in [1.82, 2.24) is 14.8 Å². The van der Waals surface area contributed by atoms with Gasteiger partial charge in [-0.3, -0.25) is 14.6 Å². The summed E-state index contributed by atoms with van der Waals surface area (Å²) in [7, 11) is 0. The van der Waals surface area contributed by atoms with Crippen molar-refractivity contribution >= 4 is 17.2 Å². The van der Waals surface area contributed by atoms with Crippen LogP contribution in [0.4, 0.5) is 15.8 Å². The highest BCUT2D eigenvalue weighted by Gasteiger charge is 2.13. The number of hydrogen-bond acceptors (Lipinski definition) is 5. The summed E-state index contributed by atoms with van der Waals surface area (Å²) in [6, 6.07) is 16.4. The molecule has 0 atom stereocenters. The van der Waals surface area contributed by atoms with Crippen LogP contribution < -0.4 is 10.9 Å². The summed E-state index contributed by atoms with van der Waals surface area (Å²) in [4.78, 5) is 29.3. The van der Waals surface area contributed by atoms with E-state index in [1.807, 2.05) is 12.1 Å². The van der Waals surface area contributed by atoms with Crippen molar-refractivity contribution in [2.45, 2.75) is 13.5 Å². The van der Waals surface area contributed by atoms with Gasteiger partial charge in [-0.05, 0) is 66.6 Å². The lowest BCUT2D eigenvalue weighted by Gasteiger charge is -2.13. The number of nitrogens with zero attached hydrogens (tertiary/aromatic N) is 3. The number of halogens is 1. The van der Waals surface area contributed by atoms with Crippen LogP contribution in [0, 0.1) is 5.82 Å². The van der Waals surface area contributed by atoms with Gasteiger partial charge in [-0.25, -0.2) is 9.07 Å². The highest BCUT2D eigenvalue weighted by atomic mass is 19.1. The Kier molecular flexibility index (Phi) is 5.66. The first-order valence-corrected chi connectivity index (χ1v) is 9.64. The van der Waals surface area contributed by atoms with E-state index in [4.69, 9.17) is 0 Å². The van der Waals surface area contributed by atoms with Gasteiger partial charge in [-0.15, -0.1) is 0 Å². The van der Waals surface area contributed by atoms with Crippen LogP contribution in [-0.4, -0.2) is 20.5 Å². The molecule has 0 fully saturated rings. The van der Waals surface area contributed by atoms with Gasteiger partial charge in [-0.1, -0.05) is 12.1 Å². The van der Waals surface area contributed by atoms with Crippen LogP contribution in [0.3, 0.4) is 0 Å². The van der Waals surface area contributed by atoms with E-state index in [9.17, 15) is 14.0 Å². The molecule has 0 radical (unpaired) electrons. The van der Waals surface area contributed by atoms with Crippen molar-refractivity contribution in [2.75, 3.05) is 5.32 Å². The number of aromatic nitrogens is 3. The molecule has 4 aromatic rings. The van der Waals surface area contributed by atoms with Gasteiger partial charge in [0.15, 0.2) is 5.78 Å². The van der Waals surface area contributed by atoms with Crippen molar-refractivity contribution in [3.63, 3.8) is 0 Å². The molecule has 0 aliphatic heterocycles. The SMILES string of the molecule is CC(=O)c1cc(-c2ccnn(Cc3ccncc3)c2=O)ccc1Nc1cccc(F)c1. The number of benzene rings is 2. The van der Waals surface area contributed by atoms with Crippen molar-refractivity contribution in [2.24, 2.45) is 0 Å². The van der Waals surface area contributed by atoms with E-state index >= 15 is 0 Å². The fourth-order valence-electron chi connectivity index (χ4n) is 3.28. The molecule has 0 spiro atoms. The van der Waals surface area contributed by atoms with Gasteiger partial charge in [0.1, 0.15) is 5.82 Å². The van der Waals surface area contributed by atoms with E-state index in [1.54, 1.807) is 55.0 Å². The van der Waals surface area contributed by atoms with Gasteiger partial charge in [0, 0.05) is 35.5 Å². The topological polar surface area (TPSA) is 76.9 Å². The standard InChI is InChI=1S/C24H19FN4O2/c1-16(30)22-13-18(5-6-23(22)28-20-4-2-3-19(25)14-20)21-9-12-27-29(24(21)31)15-17-7-10-26-11-8-17/h2-14,28H,15H2,1H3. The molecule has 0 saturated heterocycles. The van der Waals surface area contributed by atoms with E-state index in [0.717, 1.165) is 5.56 Å². The molecule has 7 heteroatoms. The normalized spacial score (nSPS) is 10.6. The van der Waals surface area contributed by atoms with E-state index in [-0.39, 0.29) is 17.2 Å². The average Bonchev–Trinajstić information content (AvgIpc) is 2.76. The number of hydrogen-bond donors (Lipinski definition) is 1. The molecular weight excluding hydrogens is 395 g/mol. The molecule has 31 heavy (non-hydrogen) atoms.